The smallest absolute Gasteiger partial charge is 0.147 e. The average Bonchev–Trinajstić information content (AvgIpc) is 2.17. The number of carbonyl (C=O) groups is 1. The Hall–Kier alpha value is -0.340. The molecule has 0 saturated heterocycles. The van der Waals surface area contributed by atoms with Crippen LogP contribution in [0.15, 0.2) is 18.2 Å². The SMILES string of the molecule is CCc1ccc(Cl)c(C(Br)C(C)=O)c1. The van der Waals surface area contributed by atoms with Crippen molar-refractivity contribution in [3.63, 3.8) is 0 Å². The quantitative estimate of drug-likeness (QED) is 0.764. The van der Waals surface area contributed by atoms with Crippen LogP contribution in [0.25, 0.3) is 0 Å². The number of aryl methyl sites for hydroxylation is 1. The molecule has 1 aromatic rings. The molecular formula is C11H12BrClO. The first-order valence-corrected chi connectivity index (χ1v) is 5.78. The highest BCUT2D eigenvalue weighted by atomic mass is 79.9. The van der Waals surface area contributed by atoms with E-state index in [0.717, 1.165) is 12.0 Å². The minimum Gasteiger partial charge on any atom is -0.298 e. The van der Waals surface area contributed by atoms with Gasteiger partial charge in [-0.3, -0.25) is 4.79 Å². The van der Waals surface area contributed by atoms with Gasteiger partial charge in [-0.2, -0.15) is 0 Å². The van der Waals surface area contributed by atoms with E-state index in [1.807, 2.05) is 18.2 Å². The van der Waals surface area contributed by atoms with Crippen LogP contribution < -0.4 is 0 Å². The number of benzene rings is 1. The van der Waals surface area contributed by atoms with Crippen LogP contribution in [0.2, 0.25) is 5.02 Å². The van der Waals surface area contributed by atoms with Gasteiger partial charge in [0.2, 0.25) is 0 Å². The van der Waals surface area contributed by atoms with Crippen molar-refractivity contribution in [3.8, 4) is 0 Å². The molecule has 0 spiro atoms. The standard InChI is InChI=1S/C11H12BrClO/c1-3-8-4-5-10(13)9(6-8)11(12)7(2)14/h4-6,11H,3H2,1-2H3. The van der Waals surface area contributed by atoms with Gasteiger partial charge in [-0.25, -0.2) is 0 Å². The van der Waals surface area contributed by atoms with Gasteiger partial charge in [0.05, 0.1) is 4.83 Å². The number of halogens is 2. The number of rotatable bonds is 3. The van der Waals surface area contributed by atoms with Crippen molar-refractivity contribution in [2.75, 3.05) is 0 Å². The topological polar surface area (TPSA) is 17.1 Å². The lowest BCUT2D eigenvalue weighted by Gasteiger charge is -2.10. The average molecular weight is 276 g/mol. The first-order chi connectivity index (χ1) is 6.56. The third-order valence-corrected chi connectivity index (χ3v) is 3.58. The molecule has 1 atom stereocenters. The van der Waals surface area contributed by atoms with Crippen LogP contribution >= 0.6 is 27.5 Å². The fraction of sp³-hybridized carbons (Fsp3) is 0.364. The summed E-state index contributed by atoms with van der Waals surface area (Å²) in [5.74, 6) is 0.0696. The lowest BCUT2D eigenvalue weighted by Crippen LogP contribution is -2.02. The molecule has 3 heteroatoms. The zero-order chi connectivity index (χ0) is 10.7. The molecule has 1 unspecified atom stereocenters. The molecule has 0 bridgehead atoms. The van der Waals surface area contributed by atoms with Crippen molar-refractivity contribution in [2.45, 2.75) is 25.1 Å². The summed E-state index contributed by atoms with van der Waals surface area (Å²) >= 11 is 9.34. The predicted octanol–water partition coefficient (Wildman–Crippen LogP) is 3.93. The number of hydrogen-bond donors (Lipinski definition) is 0. The molecule has 0 heterocycles. The summed E-state index contributed by atoms with van der Waals surface area (Å²) in [5, 5.41) is 0.638. The van der Waals surface area contributed by atoms with Crippen molar-refractivity contribution in [1.29, 1.82) is 0 Å². The summed E-state index contributed by atoms with van der Waals surface area (Å²) in [7, 11) is 0. The lowest BCUT2D eigenvalue weighted by atomic mass is 10.0. The highest BCUT2D eigenvalue weighted by molar-refractivity contribution is 9.09. The van der Waals surface area contributed by atoms with Crippen molar-refractivity contribution >= 4 is 33.3 Å². The van der Waals surface area contributed by atoms with Crippen molar-refractivity contribution in [1.82, 2.24) is 0 Å². The normalized spacial score (nSPS) is 12.6. The van der Waals surface area contributed by atoms with Crippen LogP contribution in [0, 0.1) is 0 Å². The Bertz CT molecular complexity index is 349. The van der Waals surface area contributed by atoms with E-state index in [1.54, 1.807) is 6.92 Å². The fourth-order valence-electron chi connectivity index (χ4n) is 1.23. The Labute approximate surface area is 97.6 Å². The minimum atomic E-state index is -0.290. The highest BCUT2D eigenvalue weighted by Gasteiger charge is 2.15. The van der Waals surface area contributed by atoms with Gasteiger partial charge in [0.25, 0.3) is 0 Å². The summed E-state index contributed by atoms with van der Waals surface area (Å²) in [6, 6.07) is 5.79. The van der Waals surface area contributed by atoms with E-state index >= 15 is 0 Å². The maximum atomic E-state index is 11.2. The molecule has 0 aromatic heterocycles. The number of alkyl halides is 1. The van der Waals surface area contributed by atoms with E-state index in [0.29, 0.717) is 5.02 Å². The maximum absolute atomic E-state index is 11.2. The van der Waals surface area contributed by atoms with Crippen LogP contribution in [0.5, 0.6) is 0 Å². The van der Waals surface area contributed by atoms with E-state index in [2.05, 4.69) is 22.9 Å². The molecular weight excluding hydrogens is 263 g/mol. The first-order valence-electron chi connectivity index (χ1n) is 4.49. The Kier molecular flexibility index (Phi) is 4.14. The van der Waals surface area contributed by atoms with E-state index in [4.69, 9.17) is 11.6 Å². The van der Waals surface area contributed by atoms with Crippen LogP contribution in [0.4, 0.5) is 0 Å². The lowest BCUT2D eigenvalue weighted by molar-refractivity contribution is -0.116. The summed E-state index contributed by atoms with van der Waals surface area (Å²) in [4.78, 5) is 10.9. The minimum absolute atomic E-state index is 0.0696. The van der Waals surface area contributed by atoms with E-state index in [9.17, 15) is 4.79 Å². The van der Waals surface area contributed by atoms with Gasteiger partial charge in [-0.15, -0.1) is 0 Å². The third kappa shape index (κ3) is 2.58. The maximum Gasteiger partial charge on any atom is 0.147 e. The second-order valence-electron chi connectivity index (χ2n) is 3.18. The zero-order valence-electron chi connectivity index (χ0n) is 8.18. The zero-order valence-corrected chi connectivity index (χ0v) is 10.5. The second kappa shape index (κ2) is 4.94. The Morgan fingerprint density at radius 2 is 2.21 bits per heavy atom. The summed E-state index contributed by atoms with van der Waals surface area (Å²) in [6.07, 6.45) is 0.946. The first kappa shape index (κ1) is 11.7. The van der Waals surface area contributed by atoms with Crippen LogP contribution in [0.1, 0.15) is 29.8 Å². The van der Waals surface area contributed by atoms with E-state index in [-0.39, 0.29) is 10.6 Å². The van der Waals surface area contributed by atoms with E-state index < -0.39 is 0 Å². The molecule has 0 radical (unpaired) electrons. The molecule has 0 aliphatic heterocycles. The fourth-order valence-corrected chi connectivity index (χ4v) is 1.96. The summed E-state index contributed by atoms with van der Waals surface area (Å²) in [6.45, 7) is 3.62. The van der Waals surface area contributed by atoms with Crippen LogP contribution in [0.3, 0.4) is 0 Å². The number of carbonyl (C=O) groups excluding carboxylic acids is 1. The van der Waals surface area contributed by atoms with Gasteiger partial charge in [0.1, 0.15) is 5.78 Å². The number of ketones is 1. The van der Waals surface area contributed by atoms with E-state index in [1.165, 1.54) is 5.56 Å². The molecule has 0 aliphatic carbocycles. The highest BCUT2D eigenvalue weighted by Crippen LogP contribution is 2.30. The monoisotopic (exact) mass is 274 g/mol. The molecule has 76 valence electrons. The van der Waals surface area contributed by atoms with Gasteiger partial charge in [-0.1, -0.05) is 46.6 Å². The third-order valence-electron chi connectivity index (χ3n) is 2.10. The van der Waals surface area contributed by atoms with Gasteiger partial charge in [-0.05, 0) is 30.5 Å². The van der Waals surface area contributed by atoms with Gasteiger partial charge < -0.3 is 0 Å². The molecule has 0 amide bonds. The molecule has 1 aromatic carbocycles. The van der Waals surface area contributed by atoms with Gasteiger partial charge in [0.15, 0.2) is 0 Å². The van der Waals surface area contributed by atoms with Crippen molar-refractivity contribution in [2.24, 2.45) is 0 Å². The summed E-state index contributed by atoms with van der Waals surface area (Å²) in [5.41, 5.74) is 2.05. The number of hydrogen-bond acceptors (Lipinski definition) is 1. The van der Waals surface area contributed by atoms with Crippen molar-refractivity contribution in [3.05, 3.63) is 34.3 Å². The molecule has 14 heavy (non-hydrogen) atoms. The molecule has 1 nitrogen and oxygen atoms in total. The van der Waals surface area contributed by atoms with Gasteiger partial charge >= 0.3 is 0 Å². The Morgan fingerprint density at radius 1 is 1.57 bits per heavy atom. The molecule has 0 fully saturated rings. The molecule has 0 saturated carbocycles. The van der Waals surface area contributed by atoms with Crippen LogP contribution in [-0.4, -0.2) is 5.78 Å². The Morgan fingerprint density at radius 3 is 2.71 bits per heavy atom. The molecule has 1 rings (SSSR count). The van der Waals surface area contributed by atoms with Crippen LogP contribution in [-0.2, 0) is 11.2 Å². The summed E-state index contributed by atoms with van der Waals surface area (Å²) < 4.78 is 0. The largest absolute Gasteiger partial charge is 0.298 e. The Balaban J connectivity index is 3.11. The number of Topliss-reactive ketones (excluding diaryl/α,β-unsaturated/α-hetero) is 1. The second-order valence-corrected chi connectivity index (χ2v) is 4.51. The van der Waals surface area contributed by atoms with Gasteiger partial charge in [0, 0.05) is 5.02 Å². The molecule has 0 aliphatic rings. The predicted molar refractivity (Wildman–Crippen MR) is 63.2 cm³/mol. The molecule has 0 N–H and O–H groups in total. The van der Waals surface area contributed by atoms with Crippen molar-refractivity contribution < 1.29 is 4.79 Å².